The van der Waals surface area contributed by atoms with E-state index in [9.17, 15) is 20.4 Å². The molecule has 10 heteroatoms. The van der Waals surface area contributed by atoms with Crippen molar-refractivity contribution in [3.05, 3.63) is 53.9 Å². The molecule has 4 rings (SSSR count). The van der Waals surface area contributed by atoms with Crippen LogP contribution in [0.3, 0.4) is 0 Å². The first-order chi connectivity index (χ1) is 17.9. The Morgan fingerprint density at radius 3 is 2.58 bits per heavy atom. The van der Waals surface area contributed by atoms with Gasteiger partial charge in [0.2, 0.25) is 5.69 Å². The molecule has 0 aliphatic carbocycles. The van der Waals surface area contributed by atoms with Gasteiger partial charge in [0.05, 0.1) is 24.8 Å². The summed E-state index contributed by atoms with van der Waals surface area (Å²) in [6.07, 6.45) is 0.565. The summed E-state index contributed by atoms with van der Waals surface area (Å²) in [5, 5.41) is 47.6. The molecular weight excluding hydrogens is 488 g/mol. The van der Waals surface area contributed by atoms with E-state index in [1.54, 1.807) is 10.9 Å². The van der Waals surface area contributed by atoms with Crippen molar-refractivity contribution in [2.45, 2.75) is 90.3 Å². The number of para-hydroxylation sites is 1. The quantitative estimate of drug-likeness (QED) is 0.361. The topological polar surface area (TPSA) is 133 Å². The molecule has 0 saturated carbocycles. The number of allylic oxidation sites excluding steroid dienone is 2. The van der Waals surface area contributed by atoms with E-state index in [1.165, 1.54) is 17.0 Å². The lowest BCUT2D eigenvalue weighted by molar-refractivity contribution is -0.438. The number of aromatic nitrogens is 3. The van der Waals surface area contributed by atoms with E-state index in [0.29, 0.717) is 12.2 Å². The van der Waals surface area contributed by atoms with Gasteiger partial charge in [-0.05, 0) is 19.3 Å². The van der Waals surface area contributed by atoms with E-state index in [4.69, 9.17) is 9.47 Å². The van der Waals surface area contributed by atoms with E-state index in [0.717, 1.165) is 13.0 Å². The molecule has 1 aromatic heterocycles. The fourth-order valence-electron chi connectivity index (χ4n) is 4.99. The summed E-state index contributed by atoms with van der Waals surface area (Å²) in [6, 6.07) is 8.56. The third-order valence-corrected chi connectivity index (χ3v) is 7.14. The molecule has 2 aromatic rings. The second-order valence-corrected chi connectivity index (χ2v) is 11.7. The highest BCUT2D eigenvalue weighted by atomic mass is 16.7. The largest absolute Gasteiger partial charge is 0.394 e. The zero-order valence-electron chi connectivity index (χ0n) is 22.9. The summed E-state index contributed by atoms with van der Waals surface area (Å²) >= 11 is 0. The maximum Gasteiger partial charge on any atom is 0.209 e. The molecule has 38 heavy (non-hydrogen) atoms. The van der Waals surface area contributed by atoms with Crippen LogP contribution in [0.5, 0.6) is 0 Å². The molecule has 5 atom stereocenters. The van der Waals surface area contributed by atoms with Gasteiger partial charge in [-0.25, -0.2) is 0 Å². The molecule has 0 radical (unpaired) electrons. The van der Waals surface area contributed by atoms with Gasteiger partial charge < -0.3 is 29.9 Å². The van der Waals surface area contributed by atoms with Crippen LogP contribution in [0.25, 0.3) is 0 Å². The van der Waals surface area contributed by atoms with Crippen LogP contribution >= 0.6 is 0 Å². The number of hydrogen-bond acceptors (Lipinski definition) is 8. The number of nitrogens with zero attached hydrogens (tertiary/aromatic N) is 4. The molecule has 0 amide bonds. The lowest BCUT2D eigenvalue weighted by Gasteiger charge is -2.39. The molecule has 0 bridgehead atoms. The highest BCUT2D eigenvalue weighted by molar-refractivity contribution is 6.03. The molecule has 1 fully saturated rings. The Bertz CT molecular complexity index is 1170. The fourth-order valence-corrected chi connectivity index (χ4v) is 4.99. The van der Waals surface area contributed by atoms with Gasteiger partial charge >= 0.3 is 0 Å². The highest BCUT2D eigenvalue weighted by Crippen LogP contribution is 2.40. The normalized spacial score (nSPS) is 27.3. The Kier molecular flexibility index (Phi) is 8.51. The lowest BCUT2D eigenvalue weighted by Crippen LogP contribution is -2.59. The number of ether oxygens (including phenoxy) is 2. The minimum absolute atomic E-state index is 0.00803. The molecule has 208 valence electrons. The number of aryl methyl sites for hydroxylation is 1. The van der Waals surface area contributed by atoms with Gasteiger partial charge in [-0.2, -0.15) is 4.58 Å². The van der Waals surface area contributed by atoms with Gasteiger partial charge in [0.1, 0.15) is 30.1 Å². The summed E-state index contributed by atoms with van der Waals surface area (Å²) in [5.74, 6) is 0. The lowest BCUT2D eigenvalue weighted by atomic mass is 9.80. The van der Waals surface area contributed by atoms with Crippen LogP contribution < -0.4 is 0 Å². The van der Waals surface area contributed by atoms with Gasteiger partial charge in [-0.3, -0.25) is 4.68 Å². The molecule has 0 unspecified atom stereocenters. The Labute approximate surface area is 223 Å². The average Bonchev–Trinajstić information content (AvgIpc) is 3.40. The number of benzene rings is 1. The molecule has 0 spiro atoms. The minimum Gasteiger partial charge on any atom is -0.394 e. The second-order valence-electron chi connectivity index (χ2n) is 11.7. The van der Waals surface area contributed by atoms with Crippen molar-refractivity contribution in [3.8, 4) is 0 Å². The minimum atomic E-state index is -1.48. The van der Waals surface area contributed by atoms with E-state index in [-0.39, 0.29) is 17.4 Å². The Hall–Kier alpha value is -2.47. The van der Waals surface area contributed by atoms with Crippen LogP contribution in [0.4, 0.5) is 5.69 Å². The summed E-state index contributed by atoms with van der Waals surface area (Å²) in [6.45, 7) is 12.1. The monoisotopic (exact) mass is 529 g/mol. The van der Waals surface area contributed by atoms with Crippen molar-refractivity contribution in [3.63, 3.8) is 0 Å². The molecule has 1 aromatic carbocycles. The first-order valence-electron chi connectivity index (χ1n) is 13.2. The average molecular weight is 530 g/mol. The number of fused-ring (bicyclic) bond motifs is 1. The summed E-state index contributed by atoms with van der Waals surface area (Å²) in [7, 11) is 0. The predicted octanol–water partition coefficient (Wildman–Crippen LogP) is 1.66. The zero-order chi connectivity index (χ0) is 27.7. The summed E-state index contributed by atoms with van der Waals surface area (Å²) in [4.78, 5) is 0. The predicted molar refractivity (Wildman–Crippen MR) is 141 cm³/mol. The standard InChI is InChI=1S/C28H41N4O6/c1-27(2,3)12-11-22-28(4,5)19-9-6-7-10-20(19)32(22)14-8-13-31-15-18(29-30-31)17-37-26-25(36)24(35)23(34)21(16-33)38-26/h6-7,9-12,15,21,23-26,33-36H,8,13-14,16-17H2,1-5H3/q+1/b12-11+/t21-,23-,24+,25-,26-/m1/s1. The van der Waals surface area contributed by atoms with E-state index < -0.39 is 37.3 Å². The first-order valence-corrected chi connectivity index (χ1v) is 13.2. The number of rotatable bonds is 9. The van der Waals surface area contributed by atoms with Gasteiger partial charge in [-0.15, -0.1) is 5.10 Å². The smallest absolute Gasteiger partial charge is 0.209 e. The van der Waals surface area contributed by atoms with Crippen LogP contribution in [0.1, 0.15) is 52.3 Å². The first kappa shape index (κ1) is 28.5. The van der Waals surface area contributed by atoms with Crippen LogP contribution in [-0.4, -0.2) is 89.6 Å². The fraction of sp³-hybridized carbons (Fsp3) is 0.607. The Morgan fingerprint density at radius 2 is 1.87 bits per heavy atom. The molecule has 2 aliphatic heterocycles. The molecule has 1 saturated heterocycles. The number of hydrogen-bond donors (Lipinski definition) is 4. The van der Waals surface area contributed by atoms with Gasteiger partial charge in [0.25, 0.3) is 0 Å². The van der Waals surface area contributed by atoms with Crippen molar-refractivity contribution in [2.75, 3.05) is 13.2 Å². The molecule has 10 nitrogen and oxygen atoms in total. The summed E-state index contributed by atoms with van der Waals surface area (Å²) < 4.78 is 15.1. The highest BCUT2D eigenvalue weighted by Gasteiger charge is 2.45. The van der Waals surface area contributed by atoms with Gasteiger partial charge in [-0.1, -0.05) is 50.3 Å². The maximum atomic E-state index is 10.1. The van der Waals surface area contributed by atoms with Crippen LogP contribution in [0.15, 0.2) is 42.6 Å². The molecule has 2 aliphatic rings. The third-order valence-electron chi connectivity index (χ3n) is 7.14. The summed E-state index contributed by atoms with van der Waals surface area (Å²) in [5.41, 5.74) is 4.36. The molecule has 4 N–H and O–H groups in total. The van der Waals surface area contributed by atoms with Crippen molar-refractivity contribution in [2.24, 2.45) is 5.41 Å². The van der Waals surface area contributed by atoms with Gasteiger partial charge in [0.15, 0.2) is 18.5 Å². The SMILES string of the molecule is CC(C)(C)/C=C/C1=[N+](CCCn2cc(CO[C@@H]3O[C@H](CO)[C@@H](O)[C@H](O)[C@H]3O)nn2)c2ccccc2C1(C)C. The van der Waals surface area contributed by atoms with Crippen LogP contribution in [0, 0.1) is 5.41 Å². The molecule has 3 heterocycles. The van der Waals surface area contributed by atoms with Crippen LogP contribution in [-0.2, 0) is 28.0 Å². The number of aliphatic hydroxyl groups is 4. The van der Waals surface area contributed by atoms with Gasteiger partial charge in [0, 0.05) is 30.7 Å². The van der Waals surface area contributed by atoms with Crippen molar-refractivity contribution in [1.29, 1.82) is 0 Å². The second kappa shape index (κ2) is 11.3. The molecular formula is C28H41N4O6+. The van der Waals surface area contributed by atoms with Crippen molar-refractivity contribution < 1.29 is 34.5 Å². The van der Waals surface area contributed by atoms with Crippen LogP contribution in [0.2, 0.25) is 0 Å². The van der Waals surface area contributed by atoms with E-state index >= 15 is 0 Å². The third kappa shape index (κ3) is 6.06. The van der Waals surface area contributed by atoms with E-state index in [2.05, 4.69) is 85.9 Å². The Balaban J connectivity index is 1.39. The number of aliphatic hydroxyl groups excluding tert-OH is 4. The zero-order valence-corrected chi connectivity index (χ0v) is 22.9. The van der Waals surface area contributed by atoms with E-state index in [1.807, 2.05) is 0 Å². The van der Waals surface area contributed by atoms with Crippen molar-refractivity contribution in [1.82, 2.24) is 15.0 Å². The van der Waals surface area contributed by atoms with Crippen molar-refractivity contribution >= 4 is 11.4 Å². The maximum absolute atomic E-state index is 10.1. The Morgan fingerprint density at radius 1 is 1.13 bits per heavy atom.